The quantitative estimate of drug-likeness (QED) is 0.774. The van der Waals surface area contributed by atoms with Crippen molar-refractivity contribution >= 4 is 9.84 Å². The third-order valence-electron chi connectivity index (χ3n) is 2.09. The number of hydrogen-bond donors (Lipinski definition) is 0. The molecule has 0 heterocycles. The van der Waals surface area contributed by atoms with Gasteiger partial charge in [0.15, 0.2) is 15.3 Å². The Morgan fingerprint density at radius 2 is 1.87 bits per heavy atom. The van der Waals surface area contributed by atoms with Gasteiger partial charge in [-0.1, -0.05) is 37.3 Å². The van der Waals surface area contributed by atoms with E-state index >= 15 is 0 Å². The van der Waals surface area contributed by atoms with Crippen molar-refractivity contribution in [2.24, 2.45) is 0 Å². The summed E-state index contributed by atoms with van der Waals surface area (Å²) in [5.41, 5.74) is 0.289. The molecule has 0 aliphatic rings. The number of ether oxygens (including phenoxy) is 1. The largest absolute Gasteiger partial charge is 0.358 e. The fraction of sp³-hybridized carbons (Fsp3) is 0.455. The van der Waals surface area contributed by atoms with Crippen molar-refractivity contribution in [1.29, 1.82) is 0 Å². The summed E-state index contributed by atoms with van der Waals surface area (Å²) < 4.78 is 27.9. The molecule has 1 aromatic rings. The lowest BCUT2D eigenvalue weighted by atomic mass is 10.2. The van der Waals surface area contributed by atoms with Gasteiger partial charge in [-0.2, -0.15) is 0 Å². The zero-order valence-corrected chi connectivity index (χ0v) is 9.83. The summed E-state index contributed by atoms with van der Waals surface area (Å²) in [6.45, 7) is 2.14. The first-order valence-electron chi connectivity index (χ1n) is 4.88. The van der Waals surface area contributed by atoms with Crippen LogP contribution in [0.25, 0.3) is 0 Å². The van der Waals surface area contributed by atoms with Crippen molar-refractivity contribution in [3.8, 4) is 0 Å². The standard InChI is InChI=1S/C11H16O3S/c1-3-11(15(2,12)13)14-9-10-7-5-4-6-8-10/h4-8,11H,3,9H2,1-2H3. The molecule has 1 unspecified atom stereocenters. The molecule has 0 aromatic heterocycles. The normalized spacial score (nSPS) is 13.7. The summed E-state index contributed by atoms with van der Waals surface area (Å²) in [5, 5.41) is 0. The molecule has 3 nitrogen and oxygen atoms in total. The smallest absolute Gasteiger partial charge is 0.174 e. The van der Waals surface area contributed by atoms with E-state index in [1.807, 2.05) is 30.3 Å². The number of benzene rings is 1. The van der Waals surface area contributed by atoms with Crippen molar-refractivity contribution in [1.82, 2.24) is 0 Å². The highest BCUT2D eigenvalue weighted by atomic mass is 32.2. The van der Waals surface area contributed by atoms with Crippen LogP contribution in [0.1, 0.15) is 18.9 Å². The minimum Gasteiger partial charge on any atom is -0.358 e. The third-order valence-corrected chi connectivity index (χ3v) is 3.51. The molecule has 0 bridgehead atoms. The molecule has 0 amide bonds. The van der Waals surface area contributed by atoms with Crippen LogP contribution in [0.4, 0.5) is 0 Å². The van der Waals surface area contributed by atoms with Crippen LogP contribution in [0, 0.1) is 0 Å². The Morgan fingerprint density at radius 1 is 1.27 bits per heavy atom. The van der Waals surface area contributed by atoms with Crippen molar-refractivity contribution in [3.63, 3.8) is 0 Å². The van der Waals surface area contributed by atoms with E-state index in [2.05, 4.69) is 0 Å². The molecule has 0 radical (unpaired) electrons. The Morgan fingerprint density at radius 3 is 2.33 bits per heavy atom. The lowest BCUT2D eigenvalue weighted by molar-refractivity contribution is 0.0901. The predicted molar refractivity (Wildman–Crippen MR) is 60.2 cm³/mol. The molecule has 0 saturated heterocycles. The van der Waals surface area contributed by atoms with Crippen LogP contribution in [0.5, 0.6) is 0 Å². The number of hydrogen-bond acceptors (Lipinski definition) is 3. The van der Waals surface area contributed by atoms with Crippen molar-refractivity contribution in [2.45, 2.75) is 25.4 Å². The first kappa shape index (κ1) is 12.2. The summed E-state index contributed by atoms with van der Waals surface area (Å²) in [6, 6.07) is 9.54. The van der Waals surface area contributed by atoms with Gasteiger partial charge in [0.05, 0.1) is 6.61 Å². The molecule has 0 saturated carbocycles. The van der Waals surface area contributed by atoms with Crippen LogP contribution in [0.2, 0.25) is 0 Å². The summed E-state index contributed by atoms with van der Waals surface area (Å²) in [6.07, 6.45) is 1.68. The van der Waals surface area contributed by atoms with Crippen molar-refractivity contribution in [2.75, 3.05) is 6.26 Å². The van der Waals surface area contributed by atoms with E-state index in [4.69, 9.17) is 4.74 Å². The maximum atomic E-state index is 11.3. The second-order valence-electron chi connectivity index (χ2n) is 3.46. The van der Waals surface area contributed by atoms with Gasteiger partial charge in [0.25, 0.3) is 0 Å². The summed E-state index contributed by atoms with van der Waals surface area (Å²) in [7, 11) is -3.11. The van der Waals surface area contributed by atoms with Crippen LogP contribution in [-0.4, -0.2) is 20.1 Å². The third kappa shape index (κ3) is 4.01. The molecule has 0 aliphatic carbocycles. The SMILES string of the molecule is CCC(OCc1ccccc1)S(C)(=O)=O. The lowest BCUT2D eigenvalue weighted by Gasteiger charge is -2.13. The zero-order valence-electron chi connectivity index (χ0n) is 9.01. The first-order chi connectivity index (χ1) is 7.04. The summed E-state index contributed by atoms with van der Waals surface area (Å²) in [5.74, 6) is 0. The Bertz CT molecular complexity index is 384. The van der Waals surface area contributed by atoms with Gasteiger partial charge < -0.3 is 4.74 Å². The van der Waals surface area contributed by atoms with E-state index in [9.17, 15) is 8.42 Å². The first-order valence-corrected chi connectivity index (χ1v) is 6.84. The van der Waals surface area contributed by atoms with Gasteiger partial charge in [-0.3, -0.25) is 0 Å². The van der Waals surface area contributed by atoms with Crippen molar-refractivity contribution < 1.29 is 13.2 Å². The van der Waals surface area contributed by atoms with E-state index in [-0.39, 0.29) is 0 Å². The van der Waals surface area contributed by atoms with E-state index in [1.54, 1.807) is 6.92 Å². The van der Waals surface area contributed by atoms with Gasteiger partial charge in [0.2, 0.25) is 0 Å². The molecular weight excluding hydrogens is 212 g/mol. The highest BCUT2D eigenvalue weighted by molar-refractivity contribution is 7.91. The molecule has 0 N–H and O–H groups in total. The number of rotatable bonds is 5. The maximum absolute atomic E-state index is 11.3. The summed E-state index contributed by atoms with van der Waals surface area (Å²) in [4.78, 5) is 0. The molecule has 84 valence electrons. The fourth-order valence-corrected chi connectivity index (χ4v) is 2.23. The van der Waals surface area contributed by atoms with Crippen molar-refractivity contribution in [3.05, 3.63) is 35.9 Å². The Kier molecular flexibility index (Phi) is 4.29. The minimum absolute atomic E-state index is 0.340. The van der Waals surface area contributed by atoms with Crippen LogP contribution in [0.3, 0.4) is 0 Å². The number of sulfone groups is 1. The van der Waals surface area contributed by atoms with Crippen LogP contribution in [0.15, 0.2) is 30.3 Å². The molecule has 0 spiro atoms. The van der Waals surface area contributed by atoms with Gasteiger partial charge >= 0.3 is 0 Å². The van der Waals surface area contributed by atoms with Gasteiger partial charge in [-0.15, -0.1) is 0 Å². The second-order valence-corrected chi connectivity index (χ2v) is 5.65. The van der Waals surface area contributed by atoms with E-state index in [0.717, 1.165) is 5.56 Å². The molecule has 0 aliphatic heterocycles. The molecule has 1 atom stereocenters. The molecule has 1 rings (SSSR count). The van der Waals surface area contributed by atoms with Crippen LogP contribution in [-0.2, 0) is 21.2 Å². The topological polar surface area (TPSA) is 43.4 Å². The average molecular weight is 228 g/mol. The maximum Gasteiger partial charge on any atom is 0.174 e. The Labute approximate surface area is 91.0 Å². The van der Waals surface area contributed by atoms with E-state index < -0.39 is 15.3 Å². The second kappa shape index (κ2) is 5.28. The van der Waals surface area contributed by atoms with Gasteiger partial charge in [0, 0.05) is 6.26 Å². The van der Waals surface area contributed by atoms with Crippen LogP contribution < -0.4 is 0 Å². The van der Waals surface area contributed by atoms with Gasteiger partial charge in [-0.05, 0) is 12.0 Å². The van der Waals surface area contributed by atoms with E-state index in [1.165, 1.54) is 6.26 Å². The Balaban J connectivity index is 2.56. The Hall–Kier alpha value is -0.870. The van der Waals surface area contributed by atoms with E-state index in [0.29, 0.717) is 13.0 Å². The monoisotopic (exact) mass is 228 g/mol. The lowest BCUT2D eigenvalue weighted by Crippen LogP contribution is -2.22. The fourth-order valence-electron chi connectivity index (χ4n) is 1.31. The van der Waals surface area contributed by atoms with Gasteiger partial charge in [-0.25, -0.2) is 8.42 Å². The van der Waals surface area contributed by atoms with Gasteiger partial charge in [0.1, 0.15) is 0 Å². The predicted octanol–water partition coefficient (Wildman–Crippen LogP) is 1.98. The summed E-state index contributed by atoms with van der Waals surface area (Å²) >= 11 is 0. The molecular formula is C11H16O3S. The van der Waals surface area contributed by atoms with Crippen LogP contribution >= 0.6 is 0 Å². The molecule has 1 aromatic carbocycles. The zero-order chi connectivity index (χ0) is 11.3. The molecule has 4 heteroatoms. The average Bonchev–Trinajstić information content (AvgIpc) is 2.18. The highest BCUT2D eigenvalue weighted by Gasteiger charge is 2.18. The molecule has 0 fully saturated rings. The minimum atomic E-state index is -3.11. The highest BCUT2D eigenvalue weighted by Crippen LogP contribution is 2.10. The molecule has 15 heavy (non-hydrogen) atoms.